The molecule has 0 bridgehead atoms. The molecule has 3 aromatic rings. The molecule has 0 fully saturated rings. The number of rotatable bonds is 4. The van der Waals surface area contributed by atoms with Crippen LogP contribution in [0.4, 0.5) is 15.9 Å². The SMILES string of the molecule is CSc1[se]c(C(=O)O)c2ncnc(Nc3ccc(F)c(Cl)c3)c12. The van der Waals surface area contributed by atoms with Crippen molar-refractivity contribution in [3.8, 4) is 0 Å². The third kappa shape index (κ3) is 3.07. The number of hydrogen-bond acceptors (Lipinski definition) is 5. The van der Waals surface area contributed by atoms with Crippen molar-refractivity contribution in [1.82, 2.24) is 9.97 Å². The number of hydrogen-bond donors (Lipinski definition) is 2. The summed E-state index contributed by atoms with van der Waals surface area (Å²) in [4.78, 5) is 19.7. The Balaban J connectivity index is 2.13. The molecule has 0 saturated heterocycles. The number of aromatic nitrogens is 2. The molecule has 0 unspecified atom stereocenters. The number of thioether (sulfide) groups is 1. The van der Waals surface area contributed by atoms with Gasteiger partial charge in [0.25, 0.3) is 0 Å². The quantitative estimate of drug-likeness (QED) is 0.499. The molecule has 2 aromatic heterocycles. The van der Waals surface area contributed by atoms with E-state index in [4.69, 9.17) is 11.6 Å². The molecule has 23 heavy (non-hydrogen) atoms. The van der Waals surface area contributed by atoms with Gasteiger partial charge in [-0.1, -0.05) is 0 Å². The first-order valence-electron chi connectivity index (χ1n) is 6.28. The maximum atomic E-state index is 13.3. The van der Waals surface area contributed by atoms with Crippen LogP contribution in [0.5, 0.6) is 0 Å². The number of carbonyl (C=O) groups is 1. The number of carboxylic acid groups (broad SMARTS) is 1. The fourth-order valence-corrected chi connectivity index (χ4v) is 5.38. The van der Waals surface area contributed by atoms with Crippen LogP contribution in [0, 0.1) is 5.82 Å². The Morgan fingerprint density at radius 3 is 2.87 bits per heavy atom. The average molecular weight is 417 g/mol. The van der Waals surface area contributed by atoms with Gasteiger partial charge in [0.15, 0.2) is 0 Å². The molecule has 3 rings (SSSR count). The number of benzene rings is 1. The van der Waals surface area contributed by atoms with E-state index in [0.29, 0.717) is 26.8 Å². The number of nitrogens with one attached hydrogen (secondary N) is 1. The molecule has 2 N–H and O–H groups in total. The van der Waals surface area contributed by atoms with E-state index in [1.807, 2.05) is 6.26 Å². The summed E-state index contributed by atoms with van der Waals surface area (Å²) in [6.45, 7) is 0. The summed E-state index contributed by atoms with van der Waals surface area (Å²) in [5.41, 5.74) is 1.00. The summed E-state index contributed by atoms with van der Waals surface area (Å²) in [7, 11) is 0. The van der Waals surface area contributed by atoms with Crippen molar-refractivity contribution in [2.75, 3.05) is 11.6 Å². The van der Waals surface area contributed by atoms with Gasteiger partial charge in [-0.3, -0.25) is 0 Å². The zero-order valence-electron chi connectivity index (χ0n) is 11.6. The molecular formula is C14H9ClFN3O2SSe. The first-order valence-corrected chi connectivity index (χ1v) is 9.59. The molecular weight excluding hydrogens is 408 g/mol. The van der Waals surface area contributed by atoms with E-state index >= 15 is 0 Å². The van der Waals surface area contributed by atoms with Gasteiger partial charge in [-0.15, -0.1) is 0 Å². The fraction of sp³-hybridized carbons (Fsp3) is 0.0714. The summed E-state index contributed by atoms with van der Waals surface area (Å²) >= 11 is 6.94. The van der Waals surface area contributed by atoms with E-state index in [2.05, 4.69) is 15.3 Å². The number of nitrogens with zero attached hydrogens (tertiary/aromatic N) is 2. The van der Waals surface area contributed by atoms with E-state index in [1.54, 1.807) is 0 Å². The Hall–Kier alpha value is -1.60. The normalized spacial score (nSPS) is 10.9. The summed E-state index contributed by atoms with van der Waals surface area (Å²) in [6.07, 6.45) is 3.20. The number of aromatic carboxylic acids is 1. The topological polar surface area (TPSA) is 75.1 Å². The van der Waals surface area contributed by atoms with E-state index in [1.165, 1.54) is 36.3 Å². The summed E-state index contributed by atoms with van der Waals surface area (Å²) < 4.78 is 14.5. The van der Waals surface area contributed by atoms with Crippen LogP contribution in [0.2, 0.25) is 5.02 Å². The molecule has 0 aliphatic carbocycles. The van der Waals surface area contributed by atoms with Crippen LogP contribution in [-0.4, -0.2) is 41.8 Å². The van der Waals surface area contributed by atoms with Crippen molar-refractivity contribution in [3.05, 3.63) is 39.8 Å². The van der Waals surface area contributed by atoms with Crippen LogP contribution >= 0.6 is 23.4 Å². The molecule has 0 aliphatic rings. The second-order valence-electron chi connectivity index (χ2n) is 4.43. The fourth-order valence-electron chi connectivity index (χ4n) is 2.04. The Morgan fingerprint density at radius 1 is 1.43 bits per heavy atom. The number of carboxylic acids is 1. The molecule has 0 spiro atoms. The van der Waals surface area contributed by atoms with Gasteiger partial charge in [0, 0.05) is 0 Å². The molecule has 1 aromatic carbocycles. The standard InChI is InChI=1S/C14H9ClFN3O2SSe/c1-22-14-9-10(11(23-14)13(20)21)17-5-18-12(9)19-6-2-3-8(16)7(15)4-6/h2-5H,1H3,(H,20,21)(H,17,18,19). The zero-order chi connectivity index (χ0) is 16.6. The third-order valence-corrected chi connectivity index (χ3v) is 7.39. The van der Waals surface area contributed by atoms with Gasteiger partial charge in [0.1, 0.15) is 0 Å². The summed E-state index contributed by atoms with van der Waals surface area (Å²) in [5.74, 6) is -0.990. The predicted molar refractivity (Wildman–Crippen MR) is 89.9 cm³/mol. The van der Waals surface area contributed by atoms with Crippen molar-refractivity contribution in [3.63, 3.8) is 0 Å². The predicted octanol–water partition coefficient (Wildman–Crippen LogP) is 3.64. The Kier molecular flexibility index (Phi) is 4.59. The van der Waals surface area contributed by atoms with E-state index in [9.17, 15) is 14.3 Å². The monoisotopic (exact) mass is 417 g/mol. The summed E-state index contributed by atoms with van der Waals surface area (Å²) in [6, 6.07) is 4.24. The van der Waals surface area contributed by atoms with Crippen LogP contribution < -0.4 is 5.32 Å². The molecule has 0 amide bonds. The van der Waals surface area contributed by atoms with Gasteiger partial charge in [-0.05, 0) is 0 Å². The molecule has 0 aliphatic heterocycles. The van der Waals surface area contributed by atoms with Crippen LogP contribution in [0.25, 0.3) is 10.9 Å². The minimum atomic E-state index is -0.968. The van der Waals surface area contributed by atoms with Crippen LogP contribution in [-0.2, 0) is 0 Å². The second-order valence-corrected chi connectivity index (χ2v) is 8.38. The number of halogens is 2. The number of fused-ring (bicyclic) bond motifs is 1. The van der Waals surface area contributed by atoms with E-state index in [0.717, 1.165) is 3.77 Å². The molecule has 9 heteroatoms. The van der Waals surface area contributed by atoms with Gasteiger partial charge in [0.05, 0.1) is 0 Å². The van der Waals surface area contributed by atoms with Gasteiger partial charge in [-0.2, -0.15) is 0 Å². The first kappa shape index (κ1) is 16.3. The zero-order valence-corrected chi connectivity index (χ0v) is 14.9. The van der Waals surface area contributed by atoms with Crippen molar-refractivity contribution >= 4 is 66.2 Å². The molecule has 2 heterocycles. The Morgan fingerprint density at radius 2 is 2.22 bits per heavy atom. The number of anilines is 2. The Labute approximate surface area is 145 Å². The minimum absolute atomic E-state index is 0.00298. The van der Waals surface area contributed by atoms with Crippen LogP contribution in [0.15, 0.2) is 28.3 Å². The average Bonchev–Trinajstić information content (AvgIpc) is 2.91. The van der Waals surface area contributed by atoms with Gasteiger partial charge >= 0.3 is 146 Å². The van der Waals surface area contributed by atoms with E-state index < -0.39 is 11.8 Å². The molecule has 0 radical (unpaired) electrons. The molecule has 0 saturated carbocycles. The molecule has 0 atom stereocenters. The molecule has 118 valence electrons. The van der Waals surface area contributed by atoms with Gasteiger partial charge < -0.3 is 0 Å². The van der Waals surface area contributed by atoms with E-state index in [-0.39, 0.29) is 19.5 Å². The second kappa shape index (κ2) is 6.49. The Bertz CT molecular complexity index is 918. The maximum absolute atomic E-state index is 13.3. The van der Waals surface area contributed by atoms with Crippen molar-refractivity contribution in [2.45, 2.75) is 3.77 Å². The van der Waals surface area contributed by atoms with Crippen LogP contribution in [0.1, 0.15) is 9.23 Å². The van der Waals surface area contributed by atoms with Crippen LogP contribution in [0.3, 0.4) is 0 Å². The molecule has 5 nitrogen and oxygen atoms in total. The van der Waals surface area contributed by atoms with Gasteiger partial charge in [-0.25, -0.2) is 0 Å². The van der Waals surface area contributed by atoms with Crippen molar-refractivity contribution < 1.29 is 14.3 Å². The van der Waals surface area contributed by atoms with Crippen molar-refractivity contribution in [2.24, 2.45) is 0 Å². The van der Waals surface area contributed by atoms with Gasteiger partial charge in [0.2, 0.25) is 0 Å². The van der Waals surface area contributed by atoms with Crippen molar-refractivity contribution in [1.29, 1.82) is 0 Å². The first-order chi connectivity index (χ1) is 11.0. The summed E-state index contributed by atoms with van der Waals surface area (Å²) in [5, 5.41) is 13.1. The third-order valence-electron chi connectivity index (χ3n) is 3.02.